The summed E-state index contributed by atoms with van der Waals surface area (Å²) in [7, 11) is 0. The molecule has 188 valence electrons. The molecular formula is C29H27ClN4O3. The third-order valence-electron chi connectivity index (χ3n) is 7.03. The van der Waals surface area contributed by atoms with Crippen molar-refractivity contribution >= 4 is 34.1 Å². The number of carbonyl (C=O) groups is 2. The molecule has 8 heteroatoms. The number of amides is 1. The van der Waals surface area contributed by atoms with E-state index in [9.17, 15) is 14.4 Å². The Morgan fingerprint density at radius 3 is 2.46 bits per heavy atom. The molecule has 4 aromatic rings. The molecule has 1 N–H and O–H groups in total. The molecule has 0 radical (unpaired) electrons. The van der Waals surface area contributed by atoms with E-state index in [1.165, 1.54) is 4.57 Å². The molecule has 7 nitrogen and oxygen atoms in total. The highest BCUT2D eigenvalue weighted by molar-refractivity contribution is 6.31. The van der Waals surface area contributed by atoms with Crippen LogP contribution in [0.25, 0.3) is 21.9 Å². The van der Waals surface area contributed by atoms with Crippen LogP contribution in [0.3, 0.4) is 0 Å². The topological polar surface area (TPSA) is 86.0 Å². The Labute approximate surface area is 219 Å². The molecule has 2 fully saturated rings. The number of nitrogens with one attached hydrogen (secondary N) is 1. The highest BCUT2D eigenvalue weighted by Gasteiger charge is 2.32. The highest BCUT2D eigenvalue weighted by atomic mass is 35.5. The maximum absolute atomic E-state index is 13.8. The molecule has 2 aromatic heterocycles. The second-order valence-electron chi connectivity index (χ2n) is 9.89. The molecule has 0 atom stereocenters. The fraction of sp³-hybridized carbons (Fsp3) is 0.310. The maximum Gasteiger partial charge on any atom is 0.269 e. The summed E-state index contributed by atoms with van der Waals surface area (Å²) in [6.07, 6.45) is 4.17. The van der Waals surface area contributed by atoms with Crippen molar-refractivity contribution in [2.24, 2.45) is 0 Å². The average molecular weight is 515 g/mol. The van der Waals surface area contributed by atoms with Gasteiger partial charge in [0.1, 0.15) is 5.69 Å². The lowest BCUT2D eigenvalue weighted by molar-refractivity contribution is 0.0938. The fourth-order valence-electron chi connectivity index (χ4n) is 4.86. The van der Waals surface area contributed by atoms with E-state index in [-0.39, 0.29) is 42.3 Å². The molecule has 0 saturated heterocycles. The van der Waals surface area contributed by atoms with Gasteiger partial charge in [0.05, 0.1) is 24.0 Å². The number of ketones is 1. The van der Waals surface area contributed by atoms with Crippen LogP contribution < -0.4 is 10.9 Å². The number of aromatic nitrogens is 3. The van der Waals surface area contributed by atoms with Gasteiger partial charge < -0.3 is 5.32 Å². The molecule has 6 rings (SSSR count). The minimum atomic E-state index is -0.284. The molecule has 0 unspecified atom stereocenters. The predicted octanol–water partition coefficient (Wildman–Crippen LogP) is 5.39. The molecule has 0 spiro atoms. The van der Waals surface area contributed by atoms with Crippen LogP contribution in [0.2, 0.25) is 5.02 Å². The molecule has 1 amide bonds. The lowest BCUT2D eigenvalue weighted by Crippen LogP contribution is -2.28. The zero-order valence-electron chi connectivity index (χ0n) is 20.5. The van der Waals surface area contributed by atoms with Crippen LogP contribution in [-0.2, 0) is 6.54 Å². The quantitative estimate of drug-likeness (QED) is 0.319. The van der Waals surface area contributed by atoms with E-state index in [2.05, 4.69) is 5.32 Å². The summed E-state index contributed by atoms with van der Waals surface area (Å²) in [5, 5.41) is 9.40. The molecular weight excluding hydrogens is 488 g/mol. The molecule has 37 heavy (non-hydrogen) atoms. The van der Waals surface area contributed by atoms with Crippen molar-refractivity contribution < 1.29 is 9.59 Å². The van der Waals surface area contributed by atoms with Crippen LogP contribution in [0.5, 0.6) is 0 Å². The molecule has 2 heterocycles. The summed E-state index contributed by atoms with van der Waals surface area (Å²) in [5.74, 6) is -0.283. The minimum absolute atomic E-state index is 0.0851. The third kappa shape index (κ3) is 4.48. The van der Waals surface area contributed by atoms with Crippen LogP contribution in [0, 0.1) is 0 Å². The highest BCUT2D eigenvalue weighted by Crippen LogP contribution is 2.36. The number of hydrogen-bond donors (Lipinski definition) is 1. The van der Waals surface area contributed by atoms with E-state index in [0.29, 0.717) is 38.4 Å². The van der Waals surface area contributed by atoms with Crippen LogP contribution in [0.4, 0.5) is 0 Å². The molecule has 2 saturated carbocycles. The number of nitrogens with zero attached hydrogens (tertiary/aromatic N) is 3. The largest absolute Gasteiger partial charge is 0.348 e. The first-order valence-corrected chi connectivity index (χ1v) is 13.2. The van der Waals surface area contributed by atoms with Crippen LogP contribution >= 0.6 is 11.6 Å². The maximum atomic E-state index is 13.8. The monoisotopic (exact) mass is 514 g/mol. The van der Waals surface area contributed by atoms with Gasteiger partial charge in [-0.25, -0.2) is 0 Å². The molecule has 0 bridgehead atoms. The van der Waals surface area contributed by atoms with Crippen molar-refractivity contribution in [1.29, 1.82) is 0 Å². The Morgan fingerprint density at radius 2 is 1.78 bits per heavy atom. The van der Waals surface area contributed by atoms with Crippen molar-refractivity contribution in [3.05, 3.63) is 87.1 Å². The lowest BCUT2D eigenvalue weighted by Gasteiger charge is -2.19. The summed E-state index contributed by atoms with van der Waals surface area (Å²) in [4.78, 5) is 40.2. The van der Waals surface area contributed by atoms with Gasteiger partial charge in [0.2, 0.25) is 0 Å². The molecule has 2 aliphatic carbocycles. The van der Waals surface area contributed by atoms with E-state index < -0.39 is 0 Å². The van der Waals surface area contributed by atoms with E-state index in [1.807, 2.05) is 30.3 Å². The summed E-state index contributed by atoms with van der Waals surface area (Å²) < 4.78 is 3.31. The second kappa shape index (κ2) is 9.30. The summed E-state index contributed by atoms with van der Waals surface area (Å²) in [6.45, 7) is 1.87. The lowest BCUT2D eigenvalue weighted by atomic mass is 9.94. The van der Waals surface area contributed by atoms with Crippen LogP contribution in [-0.4, -0.2) is 32.1 Å². The SMILES string of the molecule is CCC(=O)c1c(-c2ccccc2)c2cc(Cl)ccc2c(=O)n1Cc1cc(C(=O)NC2CC2)n(C2CC2)n1. The first-order chi connectivity index (χ1) is 17.9. The second-order valence-corrected chi connectivity index (χ2v) is 10.3. The number of hydrogen-bond acceptors (Lipinski definition) is 4. The molecule has 2 aromatic carbocycles. The third-order valence-corrected chi connectivity index (χ3v) is 7.26. The van der Waals surface area contributed by atoms with Crippen LogP contribution in [0.15, 0.2) is 59.4 Å². The average Bonchev–Trinajstić information content (AvgIpc) is 3.85. The van der Waals surface area contributed by atoms with Crippen molar-refractivity contribution in [2.75, 3.05) is 0 Å². The number of benzene rings is 2. The first-order valence-electron chi connectivity index (χ1n) is 12.8. The van der Waals surface area contributed by atoms with E-state index in [0.717, 1.165) is 31.2 Å². The van der Waals surface area contributed by atoms with Gasteiger partial charge in [-0.05, 0) is 60.9 Å². The van der Waals surface area contributed by atoms with Gasteiger partial charge in [-0.15, -0.1) is 0 Å². The molecule has 2 aliphatic rings. The number of rotatable bonds is 8. The number of pyridine rings is 1. The summed E-state index contributed by atoms with van der Waals surface area (Å²) in [6, 6.07) is 16.9. The van der Waals surface area contributed by atoms with E-state index in [4.69, 9.17) is 16.7 Å². The van der Waals surface area contributed by atoms with Gasteiger partial charge >= 0.3 is 0 Å². The Bertz CT molecular complexity index is 1600. The van der Waals surface area contributed by atoms with Gasteiger partial charge in [0.25, 0.3) is 11.5 Å². The first kappa shape index (κ1) is 23.7. The van der Waals surface area contributed by atoms with E-state index >= 15 is 0 Å². The Balaban J connectivity index is 1.55. The van der Waals surface area contributed by atoms with Crippen molar-refractivity contribution in [3.8, 4) is 11.1 Å². The zero-order chi connectivity index (χ0) is 25.7. The number of halogens is 1. The zero-order valence-corrected chi connectivity index (χ0v) is 21.3. The summed E-state index contributed by atoms with van der Waals surface area (Å²) >= 11 is 6.35. The van der Waals surface area contributed by atoms with Crippen LogP contribution in [0.1, 0.15) is 71.7 Å². The van der Waals surface area contributed by atoms with Gasteiger partial charge in [-0.2, -0.15) is 5.10 Å². The van der Waals surface area contributed by atoms with Crippen molar-refractivity contribution in [2.45, 2.75) is 57.7 Å². The Morgan fingerprint density at radius 1 is 1.03 bits per heavy atom. The Hall–Kier alpha value is -3.71. The summed E-state index contributed by atoms with van der Waals surface area (Å²) in [5.41, 5.74) is 2.64. The van der Waals surface area contributed by atoms with Gasteiger partial charge in [0, 0.05) is 28.4 Å². The van der Waals surface area contributed by atoms with Crippen molar-refractivity contribution in [3.63, 3.8) is 0 Å². The molecule has 0 aliphatic heterocycles. The minimum Gasteiger partial charge on any atom is -0.348 e. The standard InChI is InChI=1S/C29H27ClN4O3/c1-2-25(35)27-26(17-6-4-3-5-7-17)23-14-18(30)8-13-22(23)29(37)33(27)16-20-15-24(28(36)31-19-9-10-19)34(32-20)21-11-12-21/h3-8,13-15,19,21H,2,9-12,16H2,1H3,(H,31,36). The van der Waals surface area contributed by atoms with Gasteiger partial charge in [-0.3, -0.25) is 23.6 Å². The number of Topliss-reactive ketones (excluding diaryl/α,β-unsaturated/α-hetero) is 1. The van der Waals surface area contributed by atoms with Gasteiger partial charge in [-0.1, -0.05) is 48.9 Å². The number of fused-ring (bicyclic) bond motifs is 1. The normalized spacial score (nSPS) is 15.2. The predicted molar refractivity (Wildman–Crippen MR) is 143 cm³/mol. The number of carbonyl (C=O) groups excluding carboxylic acids is 2. The Kier molecular flexibility index (Phi) is 5.95. The smallest absolute Gasteiger partial charge is 0.269 e. The van der Waals surface area contributed by atoms with E-state index in [1.54, 1.807) is 35.9 Å². The van der Waals surface area contributed by atoms with Crippen molar-refractivity contribution in [1.82, 2.24) is 19.7 Å². The van der Waals surface area contributed by atoms with Gasteiger partial charge in [0.15, 0.2) is 5.78 Å². The fourth-order valence-corrected chi connectivity index (χ4v) is 5.04.